The molecule has 1 unspecified atom stereocenters. The number of Topliss-reactive ketones (excluding diaryl/α,β-unsaturated/α-hetero) is 1. The molecular weight excluding hydrogens is 386 g/mol. The normalized spacial score (nSPS) is 12.0. The number of rotatable bonds is 9. The lowest BCUT2D eigenvalue weighted by molar-refractivity contribution is -0.884. The predicted molar refractivity (Wildman–Crippen MR) is 101 cm³/mol. The molecule has 1 heterocycles. The van der Waals surface area contributed by atoms with E-state index >= 15 is 0 Å². The fraction of sp³-hybridized carbons (Fsp3) is 0.400. The van der Waals surface area contributed by atoms with E-state index in [1.54, 1.807) is 26.0 Å². The quantitative estimate of drug-likeness (QED) is 0.487. The molecule has 1 aromatic carbocycles. The van der Waals surface area contributed by atoms with Crippen LogP contribution in [0.4, 0.5) is 8.78 Å². The number of alkyl halides is 2. The molecule has 0 aliphatic rings. The van der Waals surface area contributed by atoms with Crippen molar-refractivity contribution in [1.29, 1.82) is 0 Å². The molecule has 0 bridgehead atoms. The Morgan fingerprint density at radius 3 is 2.45 bits per heavy atom. The Hall–Kier alpha value is -2.94. The van der Waals surface area contributed by atoms with Crippen LogP contribution in [0.1, 0.15) is 37.7 Å². The van der Waals surface area contributed by atoms with E-state index in [2.05, 4.69) is 9.72 Å². The zero-order valence-corrected chi connectivity index (χ0v) is 17.0. The molecule has 2 N–H and O–H groups in total. The molecule has 0 fully saturated rings. The van der Waals surface area contributed by atoms with Crippen LogP contribution in [-0.2, 0) is 11.3 Å². The third kappa shape index (κ3) is 5.32. The summed E-state index contributed by atoms with van der Waals surface area (Å²) in [7, 11) is 4.49. The van der Waals surface area contributed by atoms with Crippen LogP contribution in [0, 0.1) is 13.8 Å². The van der Waals surface area contributed by atoms with Gasteiger partial charge in [-0.15, -0.1) is 0 Å². The van der Waals surface area contributed by atoms with Gasteiger partial charge in [0.25, 0.3) is 0 Å². The number of carbonyl (C=O) groups excluding carboxylic acids is 2. The molecule has 1 aromatic heterocycles. The summed E-state index contributed by atoms with van der Waals surface area (Å²) in [6.45, 7) is 1.09. The van der Waals surface area contributed by atoms with Crippen molar-refractivity contribution in [2.75, 3.05) is 27.8 Å². The molecule has 0 spiro atoms. The maximum Gasteiger partial charge on any atom is 0.387 e. The van der Waals surface area contributed by atoms with E-state index in [1.165, 1.54) is 20.3 Å². The van der Waals surface area contributed by atoms with Gasteiger partial charge in [-0.2, -0.15) is 8.78 Å². The van der Waals surface area contributed by atoms with Crippen LogP contribution >= 0.6 is 0 Å². The molecule has 0 radical (unpaired) electrons. The first kappa shape index (κ1) is 22.4. The Kier molecular flexibility index (Phi) is 7.33. The second-order valence-corrected chi connectivity index (χ2v) is 6.71. The number of aromatic amines is 1. The number of benzene rings is 1. The number of carbonyl (C=O) groups is 2. The number of hydrogen-bond acceptors (Lipinski definition) is 5. The van der Waals surface area contributed by atoms with Crippen molar-refractivity contribution in [3.05, 3.63) is 46.3 Å². The van der Waals surface area contributed by atoms with Gasteiger partial charge in [-0.3, -0.25) is 4.79 Å². The lowest BCUT2D eigenvalue weighted by Crippen LogP contribution is -3.08. The molecule has 0 saturated carbocycles. The van der Waals surface area contributed by atoms with Gasteiger partial charge in [0.2, 0.25) is 5.78 Å². The minimum absolute atomic E-state index is 0.0483. The van der Waals surface area contributed by atoms with E-state index in [9.17, 15) is 18.4 Å². The molecule has 0 aliphatic carbocycles. The molecule has 29 heavy (non-hydrogen) atoms. The number of quaternary nitrogens is 1. The van der Waals surface area contributed by atoms with Gasteiger partial charge in [0, 0.05) is 11.3 Å². The number of H-pyrrole nitrogens is 1. The van der Waals surface area contributed by atoms with E-state index < -0.39 is 12.6 Å². The van der Waals surface area contributed by atoms with Gasteiger partial charge in [0.1, 0.15) is 13.1 Å². The van der Waals surface area contributed by atoms with Crippen LogP contribution < -0.4 is 14.4 Å². The summed E-state index contributed by atoms with van der Waals surface area (Å²) < 4.78 is 39.1. The van der Waals surface area contributed by atoms with Gasteiger partial charge in [0.05, 0.1) is 32.5 Å². The molecule has 9 heteroatoms. The molecule has 2 rings (SSSR count). The maximum absolute atomic E-state index is 12.7. The molecule has 1 atom stereocenters. The number of halogens is 2. The zero-order chi connectivity index (χ0) is 21.7. The number of esters is 1. The molecule has 7 nitrogen and oxygen atoms in total. The van der Waals surface area contributed by atoms with Gasteiger partial charge in [-0.05, 0) is 37.6 Å². The van der Waals surface area contributed by atoms with Crippen molar-refractivity contribution < 1.29 is 37.5 Å². The summed E-state index contributed by atoms with van der Waals surface area (Å²) in [5.41, 5.74) is 2.67. The van der Waals surface area contributed by atoms with Crippen LogP contribution in [0.5, 0.6) is 11.5 Å². The Morgan fingerprint density at radius 2 is 1.86 bits per heavy atom. The lowest BCUT2D eigenvalue weighted by atomic mass is 10.1. The molecule has 2 aromatic rings. The summed E-state index contributed by atoms with van der Waals surface area (Å²) in [6.07, 6.45) is 0. The highest BCUT2D eigenvalue weighted by atomic mass is 19.3. The number of ketones is 1. The number of hydrogen-bond donors (Lipinski definition) is 2. The fourth-order valence-electron chi connectivity index (χ4n) is 3.23. The standard InChI is InChI=1S/C20H24F2N2O5/c1-11-17(19(26)28-5)12(2)23-18(11)14(25)10-24(3)9-13-6-7-15(29-20(21)22)16(8-13)27-4/h6-8,20,23H,9-10H2,1-5H3/p+1. The van der Waals surface area contributed by atoms with E-state index in [4.69, 9.17) is 9.47 Å². The Balaban J connectivity index is 2.10. The highest BCUT2D eigenvalue weighted by Crippen LogP contribution is 2.29. The summed E-state index contributed by atoms with van der Waals surface area (Å²) in [5.74, 6) is -0.495. The number of aryl methyl sites for hydroxylation is 1. The third-order valence-electron chi connectivity index (χ3n) is 4.52. The lowest BCUT2D eigenvalue weighted by Gasteiger charge is -2.15. The number of nitrogens with one attached hydrogen (secondary N) is 2. The smallest absolute Gasteiger partial charge is 0.387 e. The number of likely N-dealkylation sites (N-methyl/N-ethyl adjacent to an activating group) is 1. The molecule has 0 aliphatic heterocycles. The van der Waals surface area contributed by atoms with E-state index in [1.807, 2.05) is 7.05 Å². The topological polar surface area (TPSA) is 82.1 Å². The SMILES string of the molecule is COC(=O)c1c(C)[nH]c(C(=O)C[NH+](C)Cc2ccc(OC(F)F)c(OC)c2)c1C. The summed E-state index contributed by atoms with van der Waals surface area (Å²) in [4.78, 5) is 28.4. The average Bonchev–Trinajstić information content (AvgIpc) is 2.96. The van der Waals surface area contributed by atoms with Gasteiger partial charge < -0.3 is 24.1 Å². The van der Waals surface area contributed by atoms with Crippen molar-refractivity contribution in [2.45, 2.75) is 27.0 Å². The predicted octanol–water partition coefficient (Wildman–Crippen LogP) is 1.93. The summed E-state index contributed by atoms with van der Waals surface area (Å²) in [5, 5.41) is 0. The van der Waals surface area contributed by atoms with Gasteiger partial charge in [-0.25, -0.2) is 4.79 Å². The first-order chi connectivity index (χ1) is 13.7. The van der Waals surface area contributed by atoms with Crippen LogP contribution in [0.2, 0.25) is 0 Å². The largest absolute Gasteiger partial charge is 0.493 e. The van der Waals surface area contributed by atoms with E-state index in [0.29, 0.717) is 29.1 Å². The number of ether oxygens (including phenoxy) is 3. The molecular formula is C20H25F2N2O5+. The molecule has 158 valence electrons. The maximum atomic E-state index is 12.7. The molecule has 0 saturated heterocycles. The van der Waals surface area contributed by atoms with Gasteiger partial charge in [-0.1, -0.05) is 0 Å². The van der Waals surface area contributed by atoms with Gasteiger partial charge >= 0.3 is 12.6 Å². The summed E-state index contributed by atoms with van der Waals surface area (Å²) >= 11 is 0. The third-order valence-corrected chi connectivity index (χ3v) is 4.52. The average molecular weight is 411 g/mol. The molecule has 0 amide bonds. The van der Waals surface area contributed by atoms with Crippen molar-refractivity contribution >= 4 is 11.8 Å². The van der Waals surface area contributed by atoms with Crippen LogP contribution in [0.3, 0.4) is 0 Å². The van der Waals surface area contributed by atoms with Gasteiger partial charge in [0.15, 0.2) is 11.5 Å². The first-order valence-corrected chi connectivity index (χ1v) is 8.91. The van der Waals surface area contributed by atoms with Crippen molar-refractivity contribution in [3.8, 4) is 11.5 Å². The Morgan fingerprint density at radius 1 is 1.17 bits per heavy atom. The fourth-order valence-corrected chi connectivity index (χ4v) is 3.23. The van der Waals surface area contributed by atoms with Crippen LogP contribution in [0.25, 0.3) is 0 Å². The second kappa shape index (κ2) is 9.51. The van der Waals surface area contributed by atoms with Crippen molar-refractivity contribution in [2.24, 2.45) is 0 Å². The number of methoxy groups -OCH3 is 2. The highest BCUT2D eigenvalue weighted by Gasteiger charge is 2.24. The Bertz CT molecular complexity index is 895. The first-order valence-electron chi connectivity index (χ1n) is 8.91. The van der Waals surface area contributed by atoms with Crippen LogP contribution in [-0.4, -0.2) is 51.2 Å². The monoisotopic (exact) mass is 411 g/mol. The zero-order valence-electron chi connectivity index (χ0n) is 17.0. The van der Waals surface area contributed by atoms with E-state index in [-0.39, 0.29) is 23.8 Å². The second-order valence-electron chi connectivity index (χ2n) is 6.71. The number of aromatic nitrogens is 1. The summed E-state index contributed by atoms with van der Waals surface area (Å²) in [6, 6.07) is 4.66. The minimum Gasteiger partial charge on any atom is -0.493 e. The van der Waals surface area contributed by atoms with Crippen molar-refractivity contribution in [3.63, 3.8) is 0 Å². The van der Waals surface area contributed by atoms with Crippen molar-refractivity contribution in [1.82, 2.24) is 4.98 Å². The minimum atomic E-state index is -2.94. The van der Waals surface area contributed by atoms with E-state index in [0.717, 1.165) is 10.5 Å². The Labute approximate surface area is 167 Å². The highest BCUT2D eigenvalue weighted by molar-refractivity contribution is 6.01. The van der Waals surface area contributed by atoms with Crippen LogP contribution in [0.15, 0.2) is 18.2 Å².